The van der Waals surface area contributed by atoms with E-state index >= 15 is 0 Å². The fourth-order valence-corrected chi connectivity index (χ4v) is 3.14. The zero-order valence-corrected chi connectivity index (χ0v) is 15.7. The molecule has 0 saturated heterocycles. The molecule has 0 aliphatic carbocycles. The van der Waals surface area contributed by atoms with Crippen LogP contribution in [-0.2, 0) is 17.9 Å². The van der Waals surface area contributed by atoms with E-state index in [0.717, 1.165) is 12.8 Å². The molecule has 6 nitrogen and oxygen atoms in total. The molecule has 1 amide bonds. The molecular weight excluding hydrogens is 361 g/mol. The van der Waals surface area contributed by atoms with E-state index in [0.29, 0.717) is 23.9 Å². The van der Waals surface area contributed by atoms with Gasteiger partial charge in [0.2, 0.25) is 5.91 Å². The van der Waals surface area contributed by atoms with Gasteiger partial charge in [-0.15, -0.1) is 0 Å². The van der Waals surface area contributed by atoms with E-state index in [-0.39, 0.29) is 17.8 Å². The lowest BCUT2D eigenvalue weighted by molar-refractivity contribution is -0.116. The maximum Gasteiger partial charge on any atom is 0.331 e. The standard InChI is InChI=1S/C21H22FN3O3/c1-2-3-8-13-24-20(27)15-9-4-7-12-18(15)25(21(24)28)14-19(26)23-17-11-6-5-10-16(17)22/h4-7,9-12H,2-3,8,13-14H2,1H3,(H,23,26). The molecule has 0 saturated carbocycles. The maximum atomic E-state index is 13.8. The number of amides is 1. The monoisotopic (exact) mass is 383 g/mol. The minimum Gasteiger partial charge on any atom is -0.322 e. The number of hydrogen-bond donors (Lipinski definition) is 1. The van der Waals surface area contributed by atoms with Crippen molar-refractivity contribution in [3.05, 3.63) is 75.2 Å². The van der Waals surface area contributed by atoms with Crippen molar-refractivity contribution < 1.29 is 9.18 Å². The highest BCUT2D eigenvalue weighted by Crippen LogP contribution is 2.13. The zero-order valence-electron chi connectivity index (χ0n) is 15.7. The molecule has 2 aromatic carbocycles. The Morgan fingerprint density at radius 1 is 1.00 bits per heavy atom. The second kappa shape index (κ2) is 8.65. The lowest BCUT2D eigenvalue weighted by atomic mass is 10.2. The lowest BCUT2D eigenvalue weighted by Crippen LogP contribution is -2.41. The number of anilines is 1. The number of fused-ring (bicyclic) bond motifs is 1. The van der Waals surface area contributed by atoms with E-state index in [1.165, 1.54) is 27.3 Å². The Kier molecular flexibility index (Phi) is 6.03. The van der Waals surface area contributed by atoms with Crippen molar-refractivity contribution in [3.8, 4) is 0 Å². The number of carbonyl (C=O) groups is 1. The van der Waals surface area contributed by atoms with Gasteiger partial charge in [0.1, 0.15) is 12.4 Å². The van der Waals surface area contributed by atoms with Crippen molar-refractivity contribution in [3.63, 3.8) is 0 Å². The molecule has 0 aliphatic rings. The molecule has 146 valence electrons. The van der Waals surface area contributed by atoms with Crippen LogP contribution in [0.4, 0.5) is 10.1 Å². The first-order valence-corrected chi connectivity index (χ1v) is 9.29. The van der Waals surface area contributed by atoms with Gasteiger partial charge in [-0.25, -0.2) is 9.18 Å². The highest BCUT2D eigenvalue weighted by atomic mass is 19.1. The van der Waals surface area contributed by atoms with Crippen LogP contribution in [0.5, 0.6) is 0 Å². The van der Waals surface area contributed by atoms with Gasteiger partial charge >= 0.3 is 5.69 Å². The predicted octanol–water partition coefficient (Wildman–Crippen LogP) is 3.13. The van der Waals surface area contributed by atoms with E-state index < -0.39 is 17.4 Å². The van der Waals surface area contributed by atoms with Crippen LogP contribution in [0.1, 0.15) is 26.2 Å². The smallest absolute Gasteiger partial charge is 0.322 e. The minimum absolute atomic E-state index is 0.0427. The van der Waals surface area contributed by atoms with Gasteiger partial charge < -0.3 is 5.32 Å². The highest BCUT2D eigenvalue weighted by molar-refractivity contribution is 5.91. The summed E-state index contributed by atoms with van der Waals surface area (Å²) in [5, 5.41) is 2.85. The Bertz CT molecular complexity index is 1120. The first-order chi connectivity index (χ1) is 13.5. The summed E-state index contributed by atoms with van der Waals surface area (Å²) in [7, 11) is 0. The Morgan fingerprint density at radius 2 is 1.71 bits per heavy atom. The van der Waals surface area contributed by atoms with Gasteiger partial charge in [0.15, 0.2) is 0 Å². The maximum absolute atomic E-state index is 13.8. The largest absolute Gasteiger partial charge is 0.331 e. The molecule has 0 fully saturated rings. The number of unbranched alkanes of at least 4 members (excludes halogenated alkanes) is 2. The average Bonchev–Trinajstić information content (AvgIpc) is 2.69. The summed E-state index contributed by atoms with van der Waals surface area (Å²) < 4.78 is 16.2. The normalized spacial score (nSPS) is 10.9. The van der Waals surface area contributed by atoms with Crippen molar-refractivity contribution in [1.82, 2.24) is 9.13 Å². The van der Waals surface area contributed by atoms with Crippen LogP contribution in [0.2, 0.25) is 0 Å². The third-order valence-electron chi connectivity index (χ3n) is 4.57. The van der Waals surface area contributed by atoms with E-state index in [4.69, 9.17) is 0 Å². The zero-order chi connectivity index (χ0) is 20.1. The number of carbonyl (C=O) groups excluding carboxylic acids is 1. The summed E-state index contributed by atoms with van der Waals surface area (Å²) in [6.07, 6.45) is 2.56. The van der Waals surface area contributed by atoms with Crippen LogP contribution in [0, 0.1) is 5.82 Å². The fraction of sp³-hybridized carbons (Fsp3) is 0.286. The van der Waals surface area contributed by atoms with Crippen LogP contribution < -0.4 is 16.6 Å². The van der Waals surface area contributed by atoms with Crippen molar-refractivity contribution in [2.24, 2.45) is 0 Å². The number of benzene rings is 2. The summed E-state index contributed by atoms with van der Waals surface area (Å²) in [4.78, 5) is 38.1. The van der Waals surface area contributed by atoms with Gasteiger partial charge in [0.05, 0.1) is 16.6 Å². The third-order valence-corrected chi connectivity index (χ3v) is 4.57. The number of hydrogen-bond acceptors (Lipinski definition) is 3. The summed E-state index contributed by atoms with van der Waals surface area (Å²) in [6, 6.07) is 12.5. The van der Waals surface area contributed by atoms with Crippen molar-refractivity contribution >= 4 is 22.5 Å². The molecule has 1 heterocycles. The Hall–Kier alpha value is -3.22. The summed E-state index contributed by atoms with van der Waals surface area (Å²) in [5.41, 5.74) is -0.472. The predicted molar refractivity (Wildman–Crippen MR) is 107 cm³/mol. The van der Waals surface area contributed by atoms with Crippen molar-refractivity contribution in [2.45, 2.75) is 39.3 Å². The molecule has 0 radical (unpaired) electrons. The number of para-hydroxylation sites is 2. The number of rotatable bonds is 7. The van der Waals surface area contributed by atoms with Gasteiger partial charge in [0.25, 0.3) is 5.56 Å². The third kappa shape index (κ3) is 4.03. The number of aromatic nitrogens is 2. The summed E-state index contributed by atoms with van der Waals surface area (Å²) >= 11 is 0. The van der Waals surface area contributed by atoms with Crippen LogP contribution in [0.25, 0.3) is 10.9 Å². The van der Waals surface area contributed by atoms with Crippen LogP contribution in [0.3, 0.4) is 0 Å². The quantitative estimate of drug-likeness (QED) is 0.637. The topological polar surface area (TPSA) is 73.1 Å². The van der Waals surface area contributed by atoms with E-state index in [1.54, 1.807) is 30.3 Å². The van der Waals surface area contributed by atoms with Crippen molar-refractivity contribution in [2.75, 3.05) is 5.32 Å². The average molecular weight is 383 g/mol. The van der Waals surface area contributed by atoms with E-state index in [2.05, 4.69) is 5.32 Å². The Morgan fingerprint density at radius 3 is 2.46 bits per heavy atom. The summed E-state index contributed by atoms with van der Waals surface area (Å²) in [5.74, 6) is -1.10. The molecule has 0 spiro atoms. The van der Waals surface area contributed by atoms with Gasteiger partial charge in [-0.2, -0.15) is 0 Å². The SMILES string of the molecule is CCCCCn1c(=O)c2ccccc2n(CC(=O)Nc2ccccc2F)c1=O. The number of nitrogens with one attached hydrogen (secondary N) is 1. The molecule has 0 aliphatic heterocycles. The van der Waals surface area contributed by atoms with E-state index in [1.807, 2.05) is 6.92 Å². The molecule has 3 aromatic rings. The van der Waals surface area contributed by atoms with E-state index in [9.17, 15) is 18.8 Å². The van der Waals surface area contributed by atoms with Crippen LogP contribution in [-0.4, -0.2) is 15.0 Å². The first-order valence-electron chi connectivity index (χ1n) is 9.29. The molecule has 0 unspecified atom stereocenters. The van der Waals surface area contributed by atoms with Crippen molar-refractivity contribution in [1.29, 1.82) is 0 Å². The molecule has 28 heavy (non-hydrogen) atoms. The first kappa shape index (κ1) is 19.5. The number of nitrogens with zero attached hydrogens (tertiary/aromatic N) is 2. The van der Waals surface area contributed by atoms with Gasteiger partial charge in [-0.1, -0.05) is 44.0 Å². The Labute approximate surface area is 161 Å². The summed E-state index contributed by atoms with van der Waals surface area (Å²) in [6.45, 7) is 2.02. The molecule has 1 N–H and O–H groups in total. The minimum atomic E-state index is -0.558. The Balaban J connectivity index is 1.99. The van der Waals surface area contributed by atoms with Gasteiger partial charge in [0, 0.05) is 6.54 Å². The second-order valence-electron chi connectivity index (χ2n) is 6.58. The molecule has 7 heteroatoms. The van der Waals surface area contributed by atoms with Gasteiger partial charge in [-0.05, 0) is 30.7 Å². The lowest BCUT2D eigenvalue weighted by Gasteiger charge is -2.14. The van der Waals surface area contributed by atoms with Crippen LogP contribution >= 0.6 is 0 Å². The highest BCUT2D eigenvalue weighted by Gasteiger charge is 2.15. The molecular formula is C21H22FN3O3. The number of halogens is 1. The molecule has 3 rings (SSSR count). The van der Waals surface area contributed by atoms with Gasteiger partial charge in [-0.3, -0.25) is 18.7 Å². The second-order valence-corrected chi connectivity index (χ2v) is 6.58. The van der Waals surface area contributed by atoms with Crippen LogP contribution in [0.15, 0.2) is 58.1 Å². The fourth-order valence-electron chi connectivity index (χ4n) is 3.14. The molecule has 1 aromatic heterocycles. The molecule has 0 atom stereocenters. The molecule has 0 bridgehead atoms.